The van der Waals surface area contributed by atoms with Gasteiger partial charge in [0, 0.05) is 10.6 Å². The fourth-order valence-corrected chi connectivity index (χ4v) is 2.06. The summed E-state index contributed by atoms with van der Waals surface area (Å²) in [5.41, 5.74) is 0.431. The van der Waals surface area contributed by atoms with Crippen LogP contribution in [0.4, 0.5) is 0 Å². The lowest BCUT2D eigenvalue weighted by Gasteiger charge is -2.16. The van der Waals surface area contributed by atoms with E-state index in [4.69, 9.17) is 21.6 Å². The highest BCUT2D eigenvalue weighted by Crippen LogP contribution is 2.28. The predicted octanol–water partition coefficient (Wildman–Crippen LogP) is 4.49. The van der Waals surface area contributed by atoms with Crippen molar-refractivity contribution in [3.63, 3.8) is 0 Å². The molecule has 20 heavy (non-hydrogen) atoms. The van der Waals surface area contributed by atoms with Crippen molar-refractivity contribution in [2.75, 3.05) is 6.61 Å². The normalized spacial score (nSPS) is 12.8. The van der Waals surface area contributed by atoms with Crippen molar-refractivity contribution in [2.24, 2.45) is 5.41 Å². The zero-order chi connectivity index (χ0) is 15.2. The molecular weight excluding hydrogens is 274 g/mol. The van der Waals surface area contributed by atoms with E-state index in [1.165, 1.54) is 0 Å². The minimum atomic E-state index is -0.610. The smallest absolute Gasteiger partial charge is 0.125 e. The molecule has 0 aliphatic heterocycles. The number of unbranched alkanes of at least 4 members (excludes halogenated alkanes) is 1. The second-order valence-corrected chi connectivity index (χ2v) is 6.10. The monoisotopic (exact) mass is 295 g/mol. The van der Waals surface area contributed by atoms with E-state index in [1.54, 1.807) is 25.1 Å². The molecule has 4 heteroatoms. The van der Waals surface area contributed by atoms with Crippen LogP contribution in [0, 0.1) is 16.7 Å². The maximum absolute atomic E-state index is 9.70. The number of rotatable bonds is 7. The van der Waals surface area contributed by atoms with Gasteiger partial charge in [-0.1, -0.05) is 11.6 Å². The average molecular weight is 296 g/mol. The van der Waals surface area contributed by atoms with Gasteiger partial charge in [0.1, 0.15) is 5.75 Å². The number of aliphatic hydroxyl groups is 1. The van der Waals surface area contributed by atoms with Gasteiger partial charge in [-0.3, -0.25) is 0 Å². The summed E-state index contributed by atoms with van der Waals surface area (Å²) in [5.74, 6) is 0.670. The quantitative estimate of drug-likeness (QED) is 0.754. The van der Waals surface area contributed by atoms with Crippen LogP contribution in [0.5, 0.6) is 5.75 Å². The molecule has 1 aromatic rings. The molecule has 0 bridgehead atoms. The van der Waals surface area contributed by atoms with E-state index in [2.05, 4.69) is 6.07 Å². The Morgan fingerprint density at radius 1 is 1.40 bits per heavy atom. The van der Waals surface area contributed by atoms with Gasteiger partial charge in [-0.2, -0.15) is 5.26 Å². The number of benzene rings is 1. The van der Waals surface area contributed by atoms with Crippen molar-refractivity contribution in [1.29, 1.82) is 5.26 Å². The van der Waals surface area contributed by atoms with Crippen LogP contribution in [0.1, 0.15) is 51.7 Å². The van der Waals surface area contributed by atoms with E-state index < -0.39 is 6.10 Å². The molecular formula is C16H22ClNO2. The van der Waals surface area contributed by atoms with Crippen molar-refractivity contribution in [2.45, 2.75) is 46.1 Å². The summed E-state index contributed by atoms with van der Waals surface area (Å²) in [6.45, 7) is 6.15. The van der Waals surface area contributed by atoms with E-state index in [-0.39, 0.29) is 5.41 Å². The highest BCUT2D eigenvalue weighted by atomic mass is 35.5. The van der Waals surface area contributed by atoms with Gasteiger partial charge in [0.15, 0.2) is 0 Å². The molecule has 0 heterocycles. The van der Waals surface area contributed by atoms with Gasteiger partial charge in [-0.25, -0.2) is 0 Å². The molecule has 1 atom stereocenters. The molecule has 0 aliphatic carbocycles. The number of hydrogen-bond acceptors (Lipinski definition) is 3. The van der Waals surface area contributed by atoms with E-state index in [1.807, 2.05) is 13.8 Å². The van der Waals surface area contributed by atoms with Crippen LogP contribution in [-0.4, -0.2) is 11.7 Å². The maximum Gasteiger partial charge on any atom is 0.125 e. The van der Waals surface area contributed by atoms with Crippen LogP contribution < -0.4 is 4.74 Å². The third-order valence-electron chi connectivity index (χ3n) is 3.18. The Labute approximate surface area is 126 Å². The van der Waals surface area contributed by atoms with E-state index in [0.29, 0.717) is 22.9 Å². The van der Waals surface area contributed by atoms with Gasteiger partial charge < -0.3 is 9.84 Å². The number of nitriles is 1. The maximum atomic E-state index is 9.70. The summed E-state index contributed by atoms with van der Waals surface area (Å²) in [7, 11) is 0. The fourth-order valence-electron chi connectivity index (χ4n) is 1.88. The molecule has 0 aromatic heterocycles. The Hall–Kier alpha value is -1.24. The SMILES string of the molecule is C[C@@H](O)c1cc(Cl)ccc1OCCCCC(C)(C)C#N. The molecule has 110 valence electrons. The van der Waals surface area contributed by atoms with E-state index >= 15 is 0 Å². The first-order valence-corrected chi connectivity index (χ1v) is 7.25. The molecule has 0 spiro atoms. The predicted molar refractivity (Wildman–Crippen MR) is 80.8 cm³/mol. The van der Waals surface area contributed by atoms with Crippen LogP contribution in [-0.2, 0) is 0 Å². The van der Waals surface area contributed by atoms with Gasteiger partial charge in [-0.15, -0.1) is 0 Å². The van der Waals surface area contributed by atoms with E-state index in [0.717, 1.165) is 19.3 Å². The minimum Gasteiger partial charge on any atom is -0.493 e. The second kappa shape index (κ2) is 7.52. The summed E-state index contributed by atoms with van der Waals surface area (Å²) >= 11 is 5.91. The summed E-state index contributed by atoms with van der Waals surface area (Å²) in [6.07, 6.45) is 2.07. The Balaban J connectivity index is 2.45. The number of aliphatic hydroxyl groups excluding tert-OH is 1. The van der Waals surface area contributed by atoms with Crippen molar-refractivity contribution in [3.05, 3.63) is 28.8 Å². The highest BCUT2D eigenvalue weighted by Gasteiger charge is 2.15. The van der Waals surface area contributed by atoms with Crippen molar-refractivity contribution in [1.82, 2.24) is 0 Å². The van der Waals surface area contributed by atoms with Crippen molar-refractivity contribution in [3.8, 4) is 11.8 Å². The molecule has 1 aromatic carbocycles. The molecule has 1 N–H and O–H groups in total. The first kappa shape index (κ1) is 16.8. The Morgan fingerprint density at radius 2 is 2.10 bits per heavy atom. The summed E-state index contributed by atoms with van der Waals surface area (Å²) < 4.78 is 5.70. The molecule has 0 saturated heterocycles. The summed E-state index contributed by atoms with van der Waals surface area (Å²) in [4.78, 5) is 0. The standard InChI is InChI=1S/C16H22ClNO2/c1-12(19)14-10-13(17)6-7-15(14)20-9-5-4-8-16(2,3)11-18/h6-7,10,12,19H,4-5,8-9H2,1-3H3/t12-/m1/s1. The lowest BCUT2D eigenvalue weighted by molar-refractivity contribution is 0.190. The number of nitrogens with zero attached hydrogens (tertiary/aromatic N) is 1. The molecule has 0 aliphatic rings. The van der Waals surface area contributed by atoms with Gasteiger partial charge in [-0.05, 0) is 58.2 Å². The van der Waals surface area contributed by atoms with Crippen LogP contribution in [0.25, 0.3) is 0 Å². The highest BCUT2D eigenvalue weighted by molar-refractivity contribution is 6.30. The molecule has 0 amide bonds. The number of ether oxygens (including phenoxy) is 1. The molecule has 1 rings (SSSR count). The topological polar surface area (TPSA) is 53.2 Å². The zero-order valence-electron chi connectivity index (χ0n) is 12.3. The summed E-state index contributed by atoms with van der Waals surface area (Å²) in [5, 5.41) is 19.2. The molecule has 3 nitrogen and oxygen atoms in total. The van der Waals surface area contributed by atoms with Crippen LogP contribution in [0.15, 0.2) is 18.2 Å². The molecule has 0 radical (unpaired) electrons. The molecule has 0 saturated carbocycles. The average Bonchev–Trinajstić information content (AvgIpc) is 2.39. The van der Waals surface area contributed by atoms with Crippen LogP contribution in [0.2, 0.25) is 5.02 Å². The first-order valence-electron chi connectivity index (χ1n) is 6.87. The van der Waals surface area contributed by atoms with Crippen molar-refractivity contribution < 1.29 is 9.84 Å². The van der Waals surface area contributed by atoms with E-state index in [9.17, 15) is 5.11 Å². The fraction of sp³-hybridized carbons (Fsp3) is 0.562. The summed E-state index contributed by atoms with van der Waals surface area (Å²) in [6, 6.07) is 7.55. The third kappa shape index (κ3) is 5.40. The Morgan fingerprint density at radius 3 is 2.70 bits per heavy atom. The van der Waals surface area contributed by atoms with Gasteiger partial charge in [0.25, 0.3) is 0 Å². The van der Waals surface area contributed by atoms with Gasteiger partial charge in [0.2, 0.25) is 0 Å². The molecule has 0 fully saturated rings. The Kier molecular flexibility index (Phi) is 6.32. The van der Waals surface area contributed by atoms with Crippen LogP contribution in [0.3, 0.4) is 0 Å². The third-order valence-corrected chi connectivity index (χ3v) is 3.41. The number of hydrogen-bond donors (Lipinski definition) is 1. The second-order valence-electron chi connectivity index (χ2n) is 5.66. The molecule has 0 unspecified atom stereocenters. The lowest BCUT2D eigenvalue weighted by atomic mass is 9.89. The first-order chi connectivity index (χ1) is 9.35. The van der Waals surface area contributed by atoms with Gasteiger partial charge >= 0.3 is 0 Å². The zero-order valence-corrected chi connectivity index (χ0v) is 13.1. The largest absolute Gasteiger partial charge is 0.493 e. The van der Waals surface area contributed by atoms with Gasteiger partial charge in [0.05, 0.1) is 24.2 Å². The lowest BCUT2D eigenvalue weighted by Crippen LogP contribution is -2.08. The Bertz CT molecular complexity index is 478. The van der Waals surface area contributed by atoms with Crippen molar-refractivity contribution >= 4 is 11.6 Å². The van der Waals surface area contributed by atoms with Crippen LogP contribution >= 0.6 is 11.6 Å². The number of halogens is 1. The minimum absolute atomic E-state index is 0.273.